The zero-order chi connectivity index (χ0) is 10.9. The molecule has 2 rings (SSSR count). The van der Waals surface area contributed by atoms with E-state index >= 15 is 0 Å². The number of benzene rings is 1. The Balaban J connectivity index is 2.39. The third kappa shape index (κ3) is 1.73. The molecule has 1 aromatic carbocycles. The highest BCUT2D eigenvalue weighted by molar-refractivity contribution is 5.42. The van der Waals surface area contributed by atoms with Gasteiger partial charge in [0, 0.05) is 0 Å². The highest BCUT2D eigenvalue weighted by Crippen LogP contribution is 2.40. The van der Waals surface area contributed by atoms with Gasteiger partial charge in [-0.25, -0.2) is 0 Å². The molecule has 0 aromatic heterocycles. The Morgan fingerprint density at radius 3 is 3.00 bits per heavy atom. The van der Waals surface area contributed by atoms with Gasteiger partial charge in [0.15, 0.2) is 0 Å². The van der Waals surface area contributed by atoms with Crippen LogP contribution in [0.1, 0.15) is 24.0 Å². The smallest absolute Gasteiger partial charge is 0.119 e. The van der Waals surface area contributed by atoms with Gasteiger partial charge in [-0.05, 0) is 49.1 Å². The third-order valence-electron chi connectivity index (χ3n) is 3.18. The van der Waals surface area contributed by atoms with E-state index in [9.17, 15) is 5.11 Å². The number of nitrogens with two attached hydrogens (primary N) is 1. The van der Waals surface area contributed by atoms with Crippen molar-refractivity contribution in [1.29, 1.82) is 0 Å². The number of aliphatic hydroxyl groups is 1. The SMILES string of the molecule is COc1ccc2c(c1)C(O)(CCN)CC2. The summed E-state index contributed by atoms with van der Waals surface area (Å²) in [6.45, 7) is 0.507. The van der Waals surface area contributed by atoms with Gasteiger partial charge in [0.25, 0.3) is 0 Å². The lowest BCUT2D eigenvalue weighted by Crippen LogP contribution is -2.25. The normalized spacial score (nSPS) is 23.9. The van der Waals surface area contributed by atoms with Crippen LogP contribution < -0.4 is 10.5 Å². The van der Waals surface area contributed by atoms with Crippen LogP contribution in [0.15, 0.2) is 18.2 Å². The standard InChI is InChI=1S/C12H17NO2/c1-15-10-3-2-9-4-5-12(14,6-7-13)11(9)8-10/h2-3,8,14H,4-7,13H2,1H3. The molecule has 0 saturated heterocycles. The second kappa shape index (κ2) is 3.83. The first-order valence-corrected chi connectivity index (χ1v) is 5.29. The maximum absolute atomic E-state index is 10.4. The van der Waals surface area contributed by atoms with E-state index in [0.29, 0.717) is 13.0 Å². The topological polar surface area (TPSA) is 55.5 Å². The number of hydrogen-bond acceptors (Lipinski definition) is 3. The summed E-state index contributed by atoms with van der Waals surface area (Å²) >= 11 is 0. The molecule has 0 spiro atoms. The molecule has 1 unspecified atom stereocenters. The first-order valence-electron chi connectivity index (χ1n) is 5.29. The Hall–Kier alpha value is -1.06. The van der Waals surface area contributed by atoms with Crippen molar-refractivity contribution in [2.75, 3.05) is 13.7 Å². The molecule has 3 N–H and O–H groups in total. The van der Waals surface area contributed by atoms with Crippen LogP contribution in [-0.4, -0.2) is 18.8 Å². The van der Waals surface area contributed by atoms with Crippen LogP contribution in [0.5, 0.6) is 5.75 Å². The predicted octanol–water partition coefficient (Wildman–Crippen LogP) is 1.18. The highest BCUT2D eigenvalue weighted by atomic mass is 16.5. The second-order valence-corrected chi connectivity index (χ2v) is 4.09. The number of ether oxygens (including phenoxy) is 1. The summed E-state index contributed by atoms with van der Waals surface area (Å²) in [6, 6.07) is 5.90. The first kappa shape index (κ1) is 10.5. The van der Waals surface area contributed by atoms with Gasteiger partial charge in [-0.3, -0.25) is 0 Å². The van der Waals surface area contributed by atoms with E-state index in [-0.39, 0.29) is 0 Å². The number of hydrogen-bond donors (Lipinski definition) is 2. The van der Waals surface area contributed by atoms with Gasteiger partial charge in [0.1, 0.15) is 5.75 Å². The fourth-order valence-electron chi connectivity index (χ4n) is 2.31. The lowest BCUT2D eigenvalue weighted by molar-refractivity contribution is 0.0319. The first-order chi connectivity index (χ1) is 7.19. The highest BCUT2D eigenvalue weighted by Gasteiger charge is 2.35. The summed E-state index contributed by atoms with van der Waals surface area (Å²) in [5.74, 6) is 0.797. The molecule has 3 nitrogen and oxygen atoms in total. The molecule has 0 radical (unpaired) electrons. The van der Waals surface area contributed by atoms with Crippen molar-refractivity contribution in [3.05, 3.63) is 29.3 Å². The monoisotopic (exact) mass is 207 g/mol. The Morgan fingerprint density at radius 2 is 2.33 bits per heavy atom. The quantitative estimate of drug-likeness (QED) is 0.782. The van der Waals surface area contributed by atoms with Gasteiger partial charge in [0.05, 0.1) is 12.7 Å². The van der Waals surface area contributed by atoms with Crippen molar-refractivity contribution in [2.24, 2.45) is 5.73 Å². The van der Waals surface area contributed by atoms with Crippen LogP contribution in [0.4, 0.5) is 0 Å². The van der Waals surface area contributed by atoms with Crippen molar-refractivity contribution < 1.29 is 9.84 Å². The van der Waals surface area contributed by atoms with Gasteiger partial charge in [-0.2, -0.15) is 0 Å². The largest absolute Gasteiger partial charge is 0.497 e. The number of aryl methyl sites for hydroxylation is 1. The van der Waals surface area contributed by atoms with Crippen molar-refractivity contribution >= 4 is 0 Å². The number of methoxy groups -OCH3 is 1. The van der Waals surface area contributed by atoms with Gasteiger partial charge < -0.3 is 15.6 Å². The van der Waals surface area contributed by atoms with Crippen LogP contribution in [0.3, 0.4) is 0 Å². The van der Waals surface area contributed by atoms with Crippen molar-refractivity contribution in [2.45, 2.75) is 24.9 Å². The fourth-order valence-corrected chi connectivity index (χ4v) is 2.31. The van der Waals surface area contributed by atoms with Crippen LogP contribution in [0.2, 0.25) is 0 Å². The van der Waals surface area contributed by atoms with E-state index in [4.69, 9.17) is 10.5 Å². The summed E-state index contributed by atoms with van der Waals surface area (Å²) in [5, 5.41) is 10.4. The minimum Gasteiger partial charge on any atom is -0.497 e. The van der Waals surface area contributed by atoms with Crippen molar-refractivity contribution in [1.82, 2.24) is 0 Å². The minimum absolute atomic E-state index is 0.507. The molecule has 0 saturated carbocycles. The number of rotatable bonds is 3. The average molecular weight is 207 g/mol. The van der Waals surface area contributed by atoms with Gasteiger partial charge in [-0.15, -0.1) is 0 Å². The molecule has 3 heteroatoms. The van der Waals surface area contributed by atoms with Crippen LogP contribution in [0, 0.1) is 0 Å². The molecule has 1 atom stereocenters. The van der Waals surface area contributed by atoms with Gasteiger partial charge in [-0.1, -0.05) is 6.07 Å². The van der Waals surface area contributed by atoms with E-state index < -0.39 is 5.60 Å². The molecule has 0 heterocycles. The molecule has 1 aliphatic rings. The zero-order valence-corrected chi connectivity index (χ0v) is 8.99. The molecule has 0 amide bonds. The Bertz CT molecular complexity index is 361. The summed E-state index contributed by atoms with van der Waals surface area (Å²) < 4.78 is 5.17. The summed E-state index contributed by atoms with van der Waals surface area (Å²) in [5.41, 5.74) is 7.00. The van der Waals surface area contributed by atoms with Crippen LogP contribution in [-0.2, 0) is 12.0 Å². The lowest BCUT2D eigenvalue weighted by atomic mass is 9.92. The number of fused-ring (bicyclic) bond motifs is 1. The second-order valence-electron chi connectivity index (χ2n) is 4.09. The van der Waals surface area contributed by atoms with Crippen LogP contribution >= 0.6 is 0 Å². The molecule has 1 aliphatic carbocycles. The Morgan fingerprint density at radius 1 is 1.53 bits per heavy atom. The Labute approximate surface area is 89.9 Å². The van der Waals surface area contributed by atoms with E-state index in [1.165, 1.54) is 5.56 Å². The van der Waals surface area contributed by atoms with E-state index in [0.717, 1.165) is 24.2 Å². The van der Waals surface area contributed by atoms with E-state index in [2.05, 4.69) is 0 Å². The molecule has 0 aliphatic heterocycles. The Kier molecular flexibility index (Phi) is 2.67. The lowest BCUT2D eigenvalue weighted by Gasteiger charge is -2.23. The molecule has 15 heavy (non-hydrogen) atoms. The van der Waals surface area contributed by atoms with Crippen molar-refractivity contribution in [3.63, 3.8) is 0 Å². The maximum Gasteiger partial charge on any atom is 0.119 e. The minimum atomic E-state index is -0.737. The summed E-state index contributed by atoms with van der Waals surface area (Å²) in [6.07, 6.45) is 2.32. The van der Waals surface area contributed by atoms with E-state index in [1.807, 2.05) is 18.2 Å². The maximum atomic E-state index is 10.4. The van der Waals surface area contributed by atoms with E-state index in [1.54, 1.807) is 7.11 Å². The molecule has 0 fully saturated rings. The predicted molar refractivity (Wildman–Crippen MR) is 58.9 cm³/mol. The molecular weight excluding hydrogens is 190 g/mol. The molecular formula is C12H17NO2. The average Bonchev–Trinajstić information content (AvgIpc) is 2.57. The van der Waals surface area contributed by atoms with Gasteiger partial charge in [0.2, 0.25) is 0 Å². The molecule has 1 aromatic rings. The molecule has 82 valence electrons. The van der Waals surface area contributed by atoms with Crippen molar-refractivity contribution in [3.8, 4) is 5.75 Å². The molecule has 0 bridgehead atoms. The third-order valence-corrected chi connectivity index (χ3v) is 3.18. The van der Waals surface area contributed by atoms with Gasteiger partial charge >= 0.3 is 0 Å². The summed E-state index contributed by atoms with van der Waals surface area (Å²) in [7, 11) is 1.64. The fraction of sp³-hybridized carbons (Fsp3) is 0.500. The summed E-state index contributed by atoms with van der Waals surface area (Å²) in [4.78, 5) is 0. The zero-order valence-electron chi connectivity index (χ0n) is 8.99. The van der Waals surface area contributed by atoms with Crippen LogP contribution in [0.25, 0.3) is 0 Å².